The van der Waals surface area contributed by atoms with E-state index < -0.39 is 10.0 Å². The van der Waals surface area contributed by atoms with Crippen molar-refractivity contribution < 1.29 is 8.42 Å². The summed E-state index contributed by atoms with van der Waals surface area (Å²) in [4.78, 5) is 0. The number of nitrogens with one attached hydrogen (secondary N) is 2. The molecule has 1 atom stereocenters. The fourth-order valence-electron chi connectivity index (χ4n) is 1.61. The number of benzene rings is 1. The van der Waals surface area contributed by atoms with Gasteiger partial charge in [-0.2, -0.15) is 0 Å². The van der Waals surface area contributed by atoms with Crippen LogP contribution in [0.4, 0.5) is 5.69 Å². The topological polar surface area (TPSA) is 58.2 Å². The quantitative estimate of drug-likeness (QED) is 0.589. The normalized spacial score (nSPS) is 13.0. The maximum absolute atomic E-state index is 11.2. The third-order valence-corrected chi connectivity index (χ3v) is 3.10. The molecule has 2 N–H and O–H groups in total. The standard InChI is InChI=1S/C13H20N2O2S/c1-4-5-9-14-11(2)12-7-6-8-13(10-12)15-18(3,16)17/h4,6-8,10-11,14-15H,1,5,9H2,2-3H3/t11-/m1/s1. The van der Waals surface area contributed by atoms with E-state index >= 15 is 0 Å². The second-order valence-corrected chi connectivity index (χ2v) is 6.00. The van der Waals surface area contributed by atoms with Gasteiger partial charge < -0.3 is 5.32 Å². The average Bonchev–Trinajstić information content (AvgIpc) is 2.27. The summed E-state index contributed by atoms with van der Waals surface area (Å²) < 4.78 is 24.8. The minimum atomic E-state index is -3.22. The van der Waals surface area contributed by atoms with Gasteiger partial charge in [-0.15, -0.1) is 6.58 Å². The lowest BCUT2D eigenvalue weighted by Gasteiger charge is -2.15. The van der Waals surface area contributed by atoms with E-state index in [-0.39, 0.29) is 6.04 Å². The van der Waals surface area contributed by atoms with E-state index in [0.717, 1.165) is 24.8 Å². The van der Waals surface area contributed by atoms with Crippen LogP contribution in [0.25, 0.3) is 0 Å². The van der Waals surface area contributed by atoms with E-state index in [1.165, 1.54) is 0 Å². The lowest BCUT2D eigenvalue weighted by Crippen LogP contribution is -2.19. The van der Waals surface area contributed by atoms with E-state index in [0.29, 0.717) is 5.69 Å². The van der Waals surface area contributed by atoms with Crippen LogP contribution in [-0.2, 0) is 10.0 Å². The SMILES string of the molecule is C=CCCN[C@H](C)c1cccc(NS(C)(=O)=O)c1. The highest BCUT2D eigenvalue weighted by molar-refractivity contribution is 7.92. The molecule has 4 nitrogen and oxygen atoms in total. The highest BCUT2D eigenvalue weighted by atomic mass is 32.2. The van der Waals surface area contributed by atoms with Crippen molar-refractivity contribution in [3.63, 3.8) is 0 Å². The highest BCUT2D eigenvalue weighted by Gasteiger charge is 2.06. The first-order valence-electron chi connectivity index (χ1n) is 5.84. The van der Waals surface area contributed by atoms with E-state index in [2.05, 4.69) is 16.6 Å². The van der Waals surface area contributed by atoms with Crippen LogP contribution in [-0.4, -0.2) is 21.2 Å². The molecule has 0 bridgehead atoms. The monoisotopic (exact) mass is 268 g/mol. The molecule has 1 aromatic carbocycles. The molecule has 0 radical (unpaired) electrons. The zero-order valence-electron chi connectivity index (χ0n) is 10.8. The Kier molecular flexibility index (Phi) is 5.37. The van der Waals surface area contributed by atoms with Crippen LogP contribution in [0.5, 0.6) is 0 Å². The third-order valence-electron chi connectivity index (χ3n) is 2.49. The maximum atomic E-state index is 11.2. The Bertz CT molecular complexity index is 497. The Labute approximate surface area is 109 Å². The van der Waals surface area contributed by atoms with Crippen LogP contribution < -0.4 is 10.0 Å². The molecule has 0 saturated heterocycles. The number of hydrogen-bond donors (Lipinski definition) is 2. The molecule has 0 aliphatic rings. The molecule has 0 saturated carbocycles. The smallest absolute Gasteiger partial charge is 0.229 e. The van der Waals surface area contributed by atoms with Gasteiger partial charge in [0.05, 0.1) is 6.26 Å². The van der Waals surface area contributed by atoms with Crippen LogP contribution in [0.2, 0.25) is 0 Å². The van der Waals surface area contributed by atoms with Gasteiger partial charge in [-0.1, -0.05) is 18.2 Å². The van der Waals surface area contributed by atoms with Crippen LogP contribution in [0, 0.1) is 0 Å². The first kappa shape index (κ1) is 14.7. The van der Waals surface area contributed by atoms with Gasteiger partial charge in [0.1, 0.15) is 0 Å². The Morgan fingerprint density at radius 3 is 2.78 bits per heavy atom. The van der Waals surface area contributed by atoms with Crippen molar-refractivity contribution in [2.45, 2.75) is 19.4 Å². The Morgan fingerprint density at radius 1 is 1.44 bits per heavy atom. The molecule has 0 fully saturated rings. The van der Waals surface area contributed by atoms with Gasteiger partial charge in [-0.05, 0) is 37.6 Å². The minimum absolute atomic E-state index is 0.172. The molecule has 0 aliphatic heterocycles. The molecule has 5 heteroatoms. The zero-order chi connectivity index (χ0) is 13.6. The van der Waals surface area contributed by atoms with Crippen molar-refractivity contribution >= 4 is 15.7 Å². The van der Waals surface area contributed by atoms with E-state index in [9.17, 15) is 8.42 Å². The second-order valence-electron chi connectivity index (χ2n) is 4.25. The van der Waals surface area contributed by atoms with E-state index in [1.54, 1.807) is 6.07 Å². The summed E-state index contributed by atoms with van der Waals surface area (Å²) in [6.07, 6.45) is 3.92. The van der Waals surface area contributed by atoms with Crippen molar-refractivity contribution in [1.29, 1.82) is 0 Å². The van der Waals surface area contributed by atoms with Gasteiger partial charge in [-0.3, -0.25) is 4.72 Å². The molecular weight excluding hydrogens is 248 g/mol. The summed E-state index contributed by atoms with van der Waals surface area (Å²) in [7, 11) is -3.22. The molecule has 0 spiro atoms. The van der Waals surface area contributed by atoms with Gasteiger partial charge in [0.15, 0.2) is 0 Å². The number of hydrogen-bond acceptors (Lipinski definition) is 3. The van der Waals surface area contributed by atoms with Gasteiger partial charge in [0.25, 0.3) is 0 Å². The van der Waals surface area contributed by atoms with Crippen LogP contribution >= 0.6 is 0 Å². The molecule has 1 aromatic rings. The fourth-order valence-corrected chi connectivity index (χ4v) is 2.16. The van der Waals surface area contributed by atoms with Gasteiger partial charge >= 0.3 is 0 Å². The van der Waals surface area contributed by atoms with Crippen LogP contribution in [0.15, 0.2) is 36.9 Å². The molecule has 100 valence electrons. The summed E-state index contributed by atoms with van der Waals surface area (Å²) in [6.45, 7) is 6.57. The lowest BCUT2D eigenvalue weighted by atomic mass is 10.1. The summed E-state index contributed by atoms with van der Waals surface area (Å²) in [5.74, 6) is 0. The summed E-state index contributed by atoms with van der Waals surface area (Å²) in [5.41, 5.74) is 1.64. The van der Waals surface area contributed by atoms with Gasteiger partial charge in [0, 0.05) is 11.7 Å². The molecule has 0 heterocycles. The predicted molar refractivity (Wildman–Crippen MR) is 76.1 cm³/mol. The molecule has 0 aromatic heterocycles. The molecule has 0 unspecified atom stereocenters. The lowest BCUT2D eigenvalue weighted by molar-refractivity contribution is 0.581. The van der Waals surface area contributed by atoms with Crippen molar-refractivity contribution in [3.8, 4) is 0 Å². The second kappa shape index (κ2) is 6.56. The largest absolute Gasteiger partial charge is 0.310 e. The summed E-state index contributed by atoms with van der Waals surface area (Å²) >= 11 is 0. The molecular formula is C13H20N2O2S. The van der Waals surface area contributed by atoms with Crippen molar-refractivity contribution in [1.82, 2.24) is 5.32 Å². The van der Waals surface area contributed by atoms with Crippen LogP contribution in [0.1, 0.15) is 24.9 Å². The highest BCUT2D eigenvalue weighted by Crippen LogP contribution is 2.18. The summed E-state index contributed by atoms with van der Waals surface area (Å²) in [5, 5.41) is 3.34. The molecule has 0 aliphatic carbocycles. The van der Waals surface area contributed by atoms with Gasteiger partial charge in [0.2, 0.25) is 10.0 Å². The predicted octanol–water partition coefficient (Wildman–Crippen LogP) is 2.28. The average molecular weight is 268 g/mol. The Hall–Kier alpha value is -1.33. The van der Waals surface area contributed by atoms with E-state index in [1.807, 2.05) is 31.2 Å². The van der Waals surface area contributed by atoms with Gasteiger partial charge in [-0.25, -0.2) is 8.42 Å². The van der Waals surface area contributed by atoms with Crippen molar-refractivity contribution in [3.05, 3.63) is 42.5 Å². The molecule has 1 rings (SSSR count). The van der Waals surface area contributed by atoms with Crippen molar-refractivity contribution in [2.24, 2.45) is 0 Å². The molecule has 0 amide bonds. The Morgan fingerprint density at radius 2 is 2.17 bits per heavy atom. The first-order valence-corrected chi connectivity index (χ1v) is 7.73. The number of anilines is 1. The zero-order valence-corrected chi connectivity index (χ0v) is 11.6. The Balaban J connectivity index is 2.72. The maximum Gasteiger partial charge on any atom is 0.229 e. The number of sulfonamides is 1. The van der Waals surface area contributed by atoms with E-state index in [4.69, 9.17) is 0 Å². The molecule has 18 heavy (non-hydrogen) atoms. The van der Waals surface area contributed by atoms with Crippen molar-refractivity contribution in [2.75, 3.05) is 17.5 Å². The summed E-state index contributed by atoms with van der Waals surface area (Å²) in [6, 6.07) is 7.56. The van der Waals surface area contributed by atoms with Crippen LogP contribution in [0.3, 0.4) is 0 Å². The number of rotatable bonds is 7. The first-order chi connectivity index (χ1) is 8.42. The fraction of sp³-hybridized carbons (Fsp3) is 0.385. The minimum Gasteiger partial charge on any atom is -0.310 e. The third kappa shape index (κ3) is 5.33.